The average molecular weight is 466 g/mol. The number of rotatable bonds is 7. The number of hydrogen-bond donors (Lipinski definition) is 2. The molecule has 6 heteroatoms. The van der Waals surface area contributed by atoms with Crippen LogP contribution in [0.4, 0.5) is 16.2 Å². The van der Waals surface area contributed by atoms with Crippen molar-refractivity contribution >= 4 is 39.2 Å². The minimum atomic E-state index is -0.274. The Morgan fingerprint density at radius 2 is 1.67 bits per heavy atom. The summed E-state index contributed by atoms with van der Waals surface area (Å²) in [6.07, 6.45) is 0.623. The minimum absolute atomic E-state index is 0.0436. The van der Waals surface area contributed by atoms with E-state index in [9.17, 15) is 9.59 Å². The maximum atomic E-state index is 13.2. The normalized spacial score (nSPS) is 10.3. The Hall–Kier alpha value is -3.12. The van der Waals surface area contributed by atoms with Crippen molar-refractivity contribution in [3.8, 4) is 0 Å². The van der Waals surface area contributed by atoms with Crippen molar-refractivity contribution in [1.82, 2.24) is 5.32 Å². The maximum Gasteiger partial charge on any atom is 0.319 e. The van der Waals surface area contributed by atoms with Gasteiger partial charge in [0, 0.05) is 34.5 Å². The van der Waals surface area contributed by atoms with Crippen LogP contribution in [0.15, 0.2) is 83.3 Å². The second-order valence-corrected chi connectivity index (χ2v) is 7.77. The molecular formula is C24H24BrN3O2. The van der Waals surface area contributed by atoms with Gasteiger partial charge < -0.3 is 15.5 Å². The highest BCUT2D eigenvalue weighted by Crippen LogP contribution is 2.19. The fourth-order valence-electron chi connectivity index (χ4n) is 3.09. The number of nitrogens with zero attached hydrogens (tertiary/aromatic N) is 1. The van der Waals surface area contributed by atoms with Gasteiger partial charge in [0.25, 0.3) is 5.91 Å². The number of carbonyl (C=O) groups excluding carboxylic acids is 2. The Morgan fingerprint density at radius 1 is 0.933 bits per heavy atom. The summed E-state index contributed by atoms with van der Waals surface area (Å²) in [6, 6.07) is 24.3. The summed E-state index contributed by atoms with van der Waals surface area (Å²) >= 11 is 3.38. The first-order valence-electron chi connectivity index (χ1n) is 9.77. The van der Waals surface area contributed by atoms with Gasteiger partial charge in [-0.25, -0.2) is 4.79 Å². The van der Waals surface area contributed by atoms with Gasteiger partial charge in [0.1, 0.15) is 0 Å². The lowest BCUT2D eigenvalue weighted by atomic mass is 10.1. The molecule has 0 aliphatic heterocycles. The molecule has 3 aromatic carbocycles. The molecule has 154 valence electrons. The van der Waals surface area contributed by atoms with Crippen molar-refractivity contribution in [2.45, 2.75) is 13.3 Å². The molecule has 30 heavy (non-hydrogen) atoms. The molecule has 2 N–H and O–H groups in total. The van der Waals surface area contributed by atoms with Crippen molar-refractivity contribution in [3.63, 3.8) is 0 Å². The number of amides is 3. The highest BCUT2D eigenvalue weighted by atomic mass is 79.9. The molecule has 0 atom stereocenters. The highest BCUT2D eigenvalue weighted by molar-refractivity contribution is 9.10. The van der Waals surface area contributed by atoms with E-state index in [1.807, 2.05) is 85.8 Å². The molecule has 0 bridgehead atoms. The van der Waals surface area contributed by atoms with Crippen molar-refractivity contribution in [1.29, 1.82) is 0 Å². The van der Waals surface area contributed by atoms with E-state index in [0.29, 0.717) is 30.8 Å². The molecule has 3 aromatic rings. The molecule has 3 amide bonds. The van der Waals surface area contributed by atoms with Crippen LogP contribution in [-0.2, 0) is 0 Å². The molecule has 0 heterocycles. The van der Waals surface area contributed by atoms with E-state index in [1.54, 1.807) is 4.90 Å². The summed E-state index contributed by atoms with van der Waals surface area (Å²) in [5.74, 6) is -0.0436. The summed E-state index contributed by atoms with van der Waals surface area (Å²) in [4.78, 5) is 27.1. The van der Waals surface area contributed by atoms with Crippen LogP contribution in [0.5, 0.6) is 0 Å². The number of nitrogens with one attached hydrogen (secondary N) is 2. The first-order valence-corrected chi connectivity index (χ1v) is 10.6. The van der Waals surface area contributed by atoms with E-state index in [0.717, 1.165) is 15.7 Å². The number of anilines is 2. The van der Waals surface area contributed by atoms with Crippen LogP contribution in [0.1, 0.15) is 22.3 Å². The van der Waals surface area contributed by atoms with Crippen LogP contribution >= 0.6 is 15.9 Å². The Bertz CT molecular complexity index is 1010. The number of aryl methyl sites for hydroxylation is 1. The van der Waals surface area contributed by atoms with Gasteiger partial charge in [-0.2, -0.15) is 0 Å². The minimum Gasteiger partial charge on any atom is -0.338 e. The van der Waals surface area contributed by atoms with Gasteiger partial charge in [0.05, 0.1) is 0 Å². The van der Waals surface area contributed by atoms with Gasteiger partial charge in [0.15, 0.2) is 0 Å². The van der Waals surface area contributed by atoms with Crippen LogP contribution in [0.3, 0.4) is 0 Å². The summed E-state index contributed by atoms with van der Waals surface area (Å²) in [5.41, 5.74) is 3.17. The molecule has 0 aromatic heterocycles. The summed E-state index contributed by atoms with van der Waals surface area (Å²) in [5, 5.41) is 5.64. The topological polar surface area (TPSA) is 61.4 Å². The third-order valence-corrected chi connectivity index (χ3v) is 5.11. The Morgan fingerprint density at radius 3 is 2.40 bits per heavy atom. The van der Waals surface area contributed by atoms with Gasteiger partial charge in [-0.1, -0.05) is 58.4 Å². The van der Waals surface area contributed by atoms with E-state index >= 15 is 0 Å². The molecule has 0 saturated heterocycles. The number of halogens is 1. The van der Waals surface area contributed by atoms with Crippen molar-refractivity contribution < 1.29 is 9.59 Å². The highest BCUT2D eigenvalue weighted by Gasteiger charge is 2.18. The second-order valence-electron chi connectivity index (χ2n) is 6.85. The van der Waals surface area contributed by atoms with Gasteiger partial charge >= 0.3 is 6.03 Å². The lowest BCUT2D eigenvalue weighted by Gasteiger charge is -2.24. The standard InChI is InChI=1S/C24H24BrN3O2/c1-18-9-5-6-14-22(18)23(29)28(21-12-3-2-4-13-21)16-8-15-26-24(30)27-20-11-7-10-19(25)17-20/h2-7,9-14,17H,8,15-16H2,1H3,(H2,26,27,30). The fraction of sp³-hybridized carbons (Fsp3) is 0.167. The molecule has 0 unspecified atom stereocenters. The van der Waals surface area contributed by atoms with Crippen molar-refractivity contribution in [2.24, 2.45) is 0 Å². The molecule has 0 radical (unpaired) electrons. The molecule has 3 rings (SSSR count). The Kier molecular flexibility index (Phi) is 7.63. The lowest BCUT2D eigenvalue weighted by Crippen LogP contribution is -2.35. The monoisotopic (exact) mass is 465 g/mol. The predicted molar refractivity (Wildman–Crippen MR) is 125 cm³/mol. The molecule has 0 fully saturated rings. The summed E-state index contributed by atoms with van der Waals surface area (Å²) in [7, 11) is 0. The third-order valence-electron chi connectivity index (χ3n) is 4.62. The van der Waals surface area contributed by atoms with Crippen LogP contribution in [0.2, 0.25) is 0 Å². The fourth-order valence-corrected chi connectivity index (χ4v) is 3.49. The van der Waals surface area contributed by atoms with Crippen LogP contribution in [0.25, 0.3) is 0 Å². The average Bonchev–Trinajstić information content (AvgIpc) is 2.74. The number of carbonyl (C=O) groups is 2. The smallest absolute Gasteiger partial charge is 0.319 e. The Balaban J connectivity index is 1.60. The number of urea groups is 1. The Labute approximate surface area is 185 Å². The second kappa shape index (κ2) is 10.6. The first-order chi connectivity index (χ1) is 14.5. The van der Waals surface area contributed by atoms with E-state index in [1.165, 1.54) is 0 Å². The van der Waals surface area contributed by atoms with Crippen LogP contribution in [-0.4, -0.2) is 25.0 Å². The number of para-hydroxylation sites is 1. The maximum absolute atomic E-state index is 13.2. The molecule has 0 spiro atoms. The zero-order valence-corrected chi connectivity index (χ0v) is 18.4. The molecule has 0 aliphatic carbocycles. The van der Waals surface area contributed by atoms with Gasteiger partial charge in [0.2, 0.25) is 0 Å². The van der Waals surface area contributed by atoms with Gasteiger partial charge in [-0.3, -0.25) is 4.79 Å². The molecule has 0 saturated carbocycles. The van der Waals surface area contributed by atoms with Gasteiger partial charge in [-0.15, -0.1) is 0 Å². The zero-order valence-electron chi connectivity index (χ0n) is 16.8. The van der Waals surface area contributed by atoms with E-state index in [2.05, 4.69) is 26.6 Å². The summed E-state index contributed by atoms with van der Waals surface area (Å²) in [6.45, 7) is 2.88. The SMILES string of the molecule is Cc1ccccc1C(=O)N(CCCNC(=O)Nc1cccc(Br)c1)c1ccccc1. The van der Waals surface area contributed by atoms with Crippen LogP contribution < -0.4 is 15.5 Å². The van der Waals surface area contributed by atoms with E-state index in [4.69, 9.17) is 0 Å². The van der Waals surface area contributed by atoms with Crippen molar-refractivity contribution in [3.05, 3.63) is 94.5 Å². The first kappa shape index (κ1) is 21.6. The van der Waals surface area contributed by atoms with Crippen LogP contribution in [0, 0.1) is 6.92 Å². The van der Waals surface area contributed by atoms with E-state index < -0.39 is 0 Å². The van der Waals surface area contributed by atoms with Crippen molar-refractivity contribution in [2.75, 3.05) is 23.3 Å². The zero-order chi connectivity index (χ0) is 21.3. The lowest BCUT2D eigenvalue weighted by molar-refractivity contribution is 0.0986. The third kappa shape index (κ3) is 5.94. The predicted octanol–water partition coefficient (Wildman–Crippen LogP) is 5.62. The van der Waals surface area contributed by atoms with Gasteiger partial charge in [-0.05, 0) is 55.3 Å². The number of hydrogen-bond acceptors (Lipinski definition) is 2. The van der Waals surface area contributed by atoms with E-state index in [-0.39, 0.29) is 11.9 Å². The molecule has 0 aliphatic rings. The molecule has 5 nitrogen and oxygen atoms in total. The quantitative estimate of drug-likeness (QED) is 0.445. The number of benzene rings is 3. The largest absolute Gasteiger partial charge is 0.338 e. The summed E-state index contributed by atoms with van der Waals surface area (Å²) < 4.78 is 0.897. The molecular weight excluding hydrogens is 442 g/mol.